The number of carbonyl (C=O) groups excluding carboxylic acids is 2. The first-order chi connectivity index (χ1) is 8.23. The van der Waals surface area contributed by atoms with E-state index in [2.05, 4.69) is 5.32 Å². The summed E-state index contributed by atoms with van der Waals surface area (Å²) >= 11 is 0. The molecule has 0 aromatic heterocycles. The zero-order chi connectivity index (χ0) is 13.9. The first-order valence-corrected chi connectivity index (χ1v) is 5.56. The van der Waals surface area contributed by atoms with Crippen molar-refractivity contribution in [3.8, 4) is 11.5 Å². The quantitative estimate of drug-likeness (QED) is 0.709. The van der Waals surface area contributed by atoms with Gasteiger partial charge in [-0.15, -0.1) is 0 Å². The van der Waals surface area contributed by atoms with Crippen LogP contribution in [-0.2, 0) is 4.79 Å². The lowest BCUT2D eigenvalue weighted by molar-refractivity contribution is -0.125. The van der Waals surface area contributed by atoms with E-state index in [1.807, 2.05) is 0 Å². The molecule has 5 nitrogen and oxygen atoms in total. The Morgan fingerprint density at radius 2 is 1.83 bits per heavy atom. The van der Waals surface area contributed by atoms with Crippen LogP contribution in [0.4, 0.5) is 0 Å². The summed E-state index contributed by atoms with van der Waals surface area (Å²) in [4.78, 5) is 23.3. The van der Waals surface area contributed by atoms with Crippen LogP contribution in [0.15, 0.2) is 18.2 Å². The Hall–Kier alpha value is -2.04. The molecule has 98 valence electrons. The molecule has 1 aromatic rings. The van der Waals surface area contributed by atoms with Gasteiger partial charge in [-0.3, -0.25) is 9.59 Å². The summed E-state index contributed by atoms with van der Waals surface area (Å²) in [6.07, 6.45) is 0. The fraction of sp³-hybridized carbons (Fsp3) is 0.385. The Morgan fingerprint density at radius 3 is 2.39 bits per heavy atom. The fourth-order valence-electron chi connectivity index (χ4n) is 1.24. The maximum atomic E-state index is 11.7. The first-order valence-electron chi connectivity index (χ1n) is 5.56. The highest BCUT2D eigenvalue weighted by Crippen LogP contribution is 2.27. The Morgan fingerprint density at radius 1 is 1.22 bits per heavy atom. The van der Waals surface area contributed by atoms with Gasteiger partial charge in [-0.2, -0.15) is 0 Å². The minimum absolute atomic E-state index is 0.0586. The molecule has 0 spiro atoms. The van der Waals surface area contributed by atoms with Crippen molar-refractivity contribution in [3.63, 3.8) is 0 Å². The summed E-state index contributed by atoms with van der Waals surface area (Å²) in [5, 5.41) is 21.2. The summed E-state index contributed by atoms with van der Waals surface area (Å²) in [6, 6.07) is 4.08. The Kier molecular flexibility index (Phi) is 3.96. The molecule has 0 atom stereocenters. The van der Waals surface area contributed by atoms with Crippen molar-refractivity contribution in [2.75, 3.05) is 6.54 Å². The third-order valence-corrected chi connectivity index (χ3v) is 2.51. The average Bonchev–Trinajstić information content (AvgIpc) is 2.27. The maximum Gasteiger partial charge on any atom is 0.255 e. The summed E-state index contributed by atoms with van der Waals surface area (Å²) in [5.74, 6) is -1.57. The van der Waals surface area contributed by atoms with E-state index in [0.717, 1.165) is 0 Å². The van der Waals surface area contributed by atoms with Gasteiger partial charge in [-0.25, -0.2) is 0 Å². The number of ketones is 1. The molecule has 0 saturated heterocycles. The Balaban J connectivity index is 2.73. The lowest BCUT2D eigenvalue weighted by Gasteiger charge is -2.16. The maximum absolute atomic E-state index is 11.7. The van der Waals surface area contributed by atoms with E-state index in [1.165, 1.54) is 18.2 Å². The molecule has 5 heteroatoms. The Labute approximate surface area is 105 Å². The molecule has 0 aliphatic heterocycles. The van der Waals surface area contributed by atoms with Crippen molar-refractivity contribution < 1.29 is 19.8 Å². The van der Waals surface area contributed by atoms with Crippen molar-refractivity contribution in [2.45, 2.75) is 20.8 Å². The fourth-order valence-corrected chi connectivity index (χ4v) is 1.24. The topological polar surface area (TPSA) is 86.6 Å². The van der Waals surface area contributed by atoms with Crippen LogP contribution in [0.2, 0.25) is 0 Å². The van der Waals surface area contributed by atoms with E-state index in [9.17, 15) is 19.8 Å². The van der Waals surface area contributed by atoms with Crippen LogP contribution in [0, 0.1) is 5.41 Å². The van der Waals surface area contributed by atoms with Gasteiger partial charge in [0.2, 0.25) is 0 Å². The second-order valence-electron chi connectivity index (χ2n) is 5.03. The molecule has 0 aliphatic rings. The van der Waals surface area contributed by atoms with Gasteiger partial charge in [0.15, 0.2) is 17.3 Å². The molecule has 0 saturated carbocycles. The van der Waals surface area contributed by atoms with Crippen molar-refractivity contribution >= 4 is 11.7 Å². The van der Waals surface area contributed by atoms with Crippen LogP contribution in [0.1, 0.15) is 31.1 Å². The van der Waals surface area contributed by atoms with Gasteiger partial charge < -0.3 is 15.5 Å². The van der Waals surface area contributed by atoms with Gasteiger partial charge in [0.25, 0.3) is 5.91 Å². The van der Waals surface area contributed by atoms with Gasteiger partial charge in [-0.05, 0) is 12.1 Å². The molecule has 0 unspecified atom stereocenters. The monoisotopic (exact) mass is 251 g/mol. The molecule has 3 N–H and O–H groups in total. The summed E-state index contributed by atoms with van der Waals surface area (Å²) in [7, 11) is 0. The van der Waals surface area contributed by atoms with Crippen molar-refractivity contribution in [1.82, 2.24) is 5.32 Å². The second kappa shape index (κ2) is 5.08. The molecule has 1 amide bonds. The largest absolute Gasteiger partial charge is 0.504 e. The van der Waals surface area contributed by atoms with E-state index in [4.69, 9.17) is 0 Å². The highest BCUT2D eigenvalue weighted by Gasteiger charge is 2.22. The molecule has 1 aromatic carbocycles. The number of aromatic hydroxyl groups is 2. The standard InChI is InChI=1S/C13H17NO4/c1-13(2,3)10(16)7-14-12(18)8-5-4-6-9(15)11(8)17/h4-6,15,17H,7H2,1-3H3,(H,14,18). The van der Waals surface area contributed by atoms with Gasteiger partial charge in [0.1, 0.15) is 0 Å². The number of phenols is 2. The summed E-state index contributed by atoms with van der Waals surface area (Å²) in [6.45, 7) is 5.16. The van der Waals surface area contributed by atoms with Crippen LogP contribution in [0.3, 0.4) is 0 Å². The third-order valence-electron chi connectivity index (χ3n) is 2.51. The second-order valence-corrected chi connectivity index (χ2v) is 5.03. The lowest BCUT2D eigenvalue weighted by Crippen LogP contribution is -2.35. The third kappa shape index (κ3) is 3.23. The summed E-state index contributed by atoms with van der Waals surface area (Å²) < 4.78 is 0. The molecule has 0 radical (unpaired) electrons. The van der Waals surface area contributed by atoms with E-state index in [-0.39, 0.29) is 23.6 Å². The minimum atomic E-state index is -0.596. The summed E-state index contributed by atoms with van der Waals surface area (Å²) in [5.41, 5.74) is -0.592. The van der Waals surface area contributed by atoms with Crippen LogP contribution >= 0.6 is 0 Å². The highest BCUT2D eigenvalue weighted by atomic mass is 16.3. The molecule has 0 aliphatic carbocycles. The molecular weight excluding hydrogens is 234 g/mol. The molecule has 0 fully saturated rings. The molecule has 0 bridgehead atoms. The number of hydrogen-bond donors (Lipinski definition) is 3. The van der Waals surface area contributed by atoms with Gasteiger partial charge in [0, 0.05) is 5.41 Å². The SMILES string of the molecule is CC(C)(C)C(=O)CNC(=O)c1cccc(O)c1O. The van der Waals surface area contributed by atoms with Crippen molar-refractivity contribution in [3.05, 3.63) is 23.8 Å². The van der Waals surface area contributed by atoms with E-state index >= 15 is 0 Å². The number of phenolic OH excluding ortho intramolecular Hbond substituents is 2. The molecule has 1 rings (SSSR count). The van der Waals surface area contributed by atoms with Gasteiger partial charge in [-0.1, -0.05) is 26.8 Å². The van der Waals surface area contributed by atoms with Gasteiger partial charge in [0.05, 0.1) is 12.1 Å². The highest BCUT2D eigenvalue weighted by molar-refractivity contribution is 6.00. The minimum Gasteiger partial charge on any atom is -0.504 e. The molecule has 18 heavy (non-hydrogen) atoms. The number of Topliss-reactive ketones (excluding diaryl/α,β-unsaturated/α-hetero) is 1. The smallest absolute Gasteiger partial charge is 0.255 e. The number of rotatable bonds is 3. The number of hydrogen-bond acceptors (Lipinski definition) is 4. The average molecular weight is 251 g/mol. The Bertz CT molecular complexity index is 474. The number of carbonyl (C=O) groups is 2. The number of benzene rings is 1. The zero-order valence-corrected chi connectivity index (χ0v) is 10.7. The van der Waals surface area contributed by atoms with Crippen LogP contribution in [0.5, 0.6) is 11.5 Å². The predicted molar refractivity (Wildman–Crippen MR) is 66.6 cm³/mol. The molecular formula is C13H17NO4. The number of nitrogens with one attached hydrogen (secondary N) is 1. The lowest BCUT2D eigenvalue weighted by atomic mass is 9.91. The van der Waals surface area contributed by atoms with Crippen LogP contribution in [0.25, 0.3) is 0 Å². The molecule has 0 heterocycles. The van der Waals surface area contributed by atoms with Gasteiger partial charge >= 0.3 is 0 Å². The first kappa shape index (κ1) is 14.0. The number of para-hydroxylation sites is 1. The van der Waals surface area contributed by atoms with E-state index in [0.29, 0.717) is 0 Å². The van der Waals surface area contributed by atoms with Crippen molar-refractivity contribution in [2.24, 2.45) is 5.41 Å². The van der Waals surface area contributed by atoms with E-state index in [1.54, 1.807) is 20.8 Å². The normalized spacial score (nSPS) is 11.1. The number of amides is 1. The van der Waals surface area contributed by atoms with E-state index < -0.39 is 17.1 Å². The van der Waals surface area contributed by atoms with Crippen LogP contribution in [-0.4, -0.2) is 28.4 Å². The van der Waals surface area contributed by atoms with Crippen LogP contribution < -0.4 is 5.32 Å². The van der Waals surface area contributed by atoms with Crippen molar-refractivity contribution in [1.29, 1.82) is 0 Å². The zero-order valence-electron chi connectivity index (χ0n) is 10.7. The predicted octanol–water partition coefficient (Wildman–Crippen LogP) is 1.44.